The number of para-hydroxylation sites is 1. The molecule has 0 aliphatic carbocycles. The fourth-order valence-corrected chi connectivity index (χ4v) is 2.70. The van der Waals surface area contributed by atoms with Crippen LogP contribution in [0.5, 0.6) is 0 Å². The highest BCUT2D eigenvalue weighted by molar-refractivity contribution is 9.08. The number of nitrogens with zero attached hydrogens (tertiary/aromatic N) is 1. The summed E-state index contributed by atoms with van der Waals surface area (Å²) in [7, 11) is 0. The summed E-state index contributed by atoms with van der Waals surface area (Å²) in [6, 6.07) is 11.8. The molecular formula is C15H10BrFN2O. The molecule has 100 valence electrons. The first-order valence-corrected chi connectivity index (χ1v) is 7.15. The van der Waals surface area contributed by atoms with Gasteiger partial charge in [0.2, 0.25) is 0 Å². The van der Waals surface area contributed by atoms with Crippen LogP contribution in [0.15, 0.2) is 47.3 Å². The van der Waals surface area contributed by atoms with Crippen LogP contribution in [0.25, 0.3) is 22.3 Å². The van der Waals surface area contributed by atoms with E-state index in [-0.39, 0.29) is 11.4 Å². The van der Waals surface area contributed by atoms with Crippen LogP contribution in [-0.2, 0) is 5.33 Å². The predicted molar refractivity (Wildman–Crippen MR) is 80.4 cm³/mol. The first-order chi connectivity index (χ1) is 9.70. The number of rotatable bonds is 2. The van der Waals surface area contributed by atoms with Gasteiger partial charge in [0.25, 0.3) is 5.56 Å². The van der Waals surface area contributed by atoms with Crippen LogP contribution < -0.4 is 5.56 Å². The van der Waals surface area contributed by atoms with Crippen molar-refractivity contribution in [3.8, 4) is 11.4 Å². The number of alkyl halides is 1. The fraction of sp³-hybridized carbons (Fsp3) is 0.0667. The Kier molecular flexibility index (Phi) is 3.36. The number of H-pyrrole nitrogens is 1. The highest BCUT2D eigenvalue weighted by Gasteiger charge is 2.12. The standard InChI is InChI=1S/C15H10BrFN2O/c16-8-11-9(5-3-6-12(11)17)14-18-13-7-2-1-4-10(13)15(20)19-14/h1-7H,8H2,(H,18,19,20). The second kappa shape index (κ2) is 5.17. The second-order valence-electron chi connectivity index (χ2n) is 4.33. The number of aromatic nitrogens is 2. The molecule has 0 aliphatic rings. The highest BCUT2D eigenvalue weighted by Crippen LogP contribution is 2.25. The van der Waals surface area contributed by atoms with Crippen molar-refractivity contribution in [2.45, 2.75) is 5.33 Å². The van der Waals surface area contributed by atoms with Gasteiger partial charge in [0.1, 0.15) is 11.6 Å². The van der Waals surface area contributed by atoms with Crippen molar-refractivity contribution < 1.29 is 4.39 Å². The van der Waals surface area contributed by atoms with E-state index in [2.05, 4.69) is 25.9 Å². The van der Waals surface area contributed by atoms with Gasteiger partial charge in [-0.1, -0.05) is 40.2 Å². The van der Waals surface area contributed by atoms with Gasteiger partial charge in [-0.05, 0) is 18.2 Å². The van der Waals surface area contributed by atoms with E-state index in [1.165, 1.54) is 6.07 Å². The van der Waals surface area contributed by atoms with Crippen LogP contribution in [0, 0.1) is 5.82 Å². The van der Waals surface area contributed by atoms with Gasteiger partial charge < -0.3 is 4.98 Å². The lowest BCUT2D eigenvalue weighted by Gasteiger charge is -2.08. The number of nitrogens with one attached hydrogen (secondary N) is 1. The van der Waals surface area contributed by atoms with E-state index in [9.17, 15) is 9.18 Å². The molecule has 3 nitrogen and oxygen atoms in total. The molecule has 1 heterocycles. The highest BCUT2D eigenvalue weighted by atomic mass is 79.9. The van der Waals surface area contributed by atoms with Gasteiger partial charge in [-0.25, -0.2) is 9.37 Å². The average Bonchev–Trinajstić information content (AvgIpc) is 2.47. The Morgan fingerprint density at radius 2 is 1.95 bits per heavy atom. The summed E-state index contributed by atoms with van der Waals surface area (Å²) in [5, 5.41) is 0.874. The zero-order valence-corrected chi connectivity index (χ0v) is 11.9. The Labute approximate surface area is 122 Å². The second-order valence-corrected chi connectivity index (χ2v) is 4.89. The molecule has 20 heavy (non-hydrogen) atoms. The first-order valence-electron chi connectivity index (χ1n) is 6.03. The number of hydrogen-bond donors (Lipinski definition) is 1. The molecule has 1 aromatic heterocycles. The fourth-order valence-electron chi connectivity index (χ4n) is 2.13. The smallest absolute Gasteiger partial charge is 0.259 e. The summed E-state index contributed by atoms with van der Waals surface area (Å²) in [6.07, 6.45) is 0. The van der Waals surface area contributed by atoms with Gasteiger partial charge in [-0.15, -0.1) is 0 Å². The first kappa shape index (κ1) is 13.0. The quantitative estimate of drug-likeness (QED) is 0.728. The number of fused-ring (bicyclic) bond motifs is 1. The summed E-state index contributed by atoms with van der Waals surface area (Å²) in [6.45, 7) is 0. The topological polar surface area (TPSA) is 45.8 Å². The summed E-state index contributed by atoms with van der Waals surface area (Å²) in [5.41, 5.74) is 1.43. The zero-order valence-electron chi connectivity index (χ0n) is 10.4. The molecular weight excluding hydrogens is 323 g/mol. The Morgan fingerprint density at radius 1 is 1.15 bits per heavy atom. The van der Waals surface area contributed by atoms with Crippen molar-refractivity contribution in [1.82, 2.24) is 9.97 Å². The molecule has 0 spiro atoms. The third-order valence-electron chi connectivity index (χ3n) is 3.12. The van der Waals surface area contributed by atoms with Crippen LogP contribution in [0.4, 0.5) is 4.39 Å². The van der Waals surface area contributed by atoms with Crippen molar-refractivity contribution in [3.05, 3.63) is 64.2 Å². The van der Waals surface area contributed by atoms with Crippen LogP contribution in [0.2, 0.25) is 0 Å². The SMILES string of the molecule is O=c1[nH]c(-c2cccc(F)c2CBr)nc2ccccc12. The molecule has 0 saturated heterocycles. The molecule has 0 aliphatic heterocycles. The predicted octanol–water partition coefficient (Wildman–Crippen LogP) is 3.62. The Hall–Kier alpha value is -2.01. The molecule has 0 unspecified atom stereocenters. The van der Waals surface area contributed by atoms with Crippen LogP contribution in [-0.4, -0.2) is 9.97 Å². The number of halogens is 2. The molecule has 2 aromatic carbocycles. The van der Waals surface area contributed by atoms with Crippen LogP contribution in [0.1, 0.15) is 5.56 Å². The van der Waals surface area contributed by atoms with Crippen LogP contribution in [0.3, 0.4) is 0 Å². The molecule has 0 fully saturated rings. The third kappa shape index (κ3) is 2.14. The van der Waals surface area contributed by atoms with E-state index in [1.54, 1.807) is 30.3 Å². The van der Waals surface area contributed by atoms with Crippen molar-refractivity contribution >= 4 is 26.8 Å². The maximum atomic E-state index is 13.8. The average molecular weight is 333 g/mol. The van der Waals surface area contributed by atoms with Crippen molar-refractivity contribution in [3.63, 3.8) is 0 Å². The molecule has 5 heteroatoms. The molecule has 3 rings (SSSR count). The monoisotopic (exact) mass is 332 g/mol. The largest absolute Gasteiger partial charge is 0.306 e. The minimum Gasteiger partial charge on any atom is -0.306 e. The molecule has 3 aromatic rings. The lowest BCUT2D eigenvalue weighted by Crippen LogP contribution is -2.10. The summed E-state index contributed by atoms with van der Waals surface area (Å²) < 4.78 is 13.8. The molecule has 0 radical (unpaired) electrons. The normalized spacial score (nSPS) is 10.9. The van der Waals surface area contributed by atoms with Gasteiger partial charge >= 0.3 is 0 Å². The van der Waals surface area contributed by atoms with E-state index in [0.717, 1.165) is 0 Å². The van der Waals surface area contributed by atoms with E-state index in [4.69, 9.17) is 0 Å². The summed E-state index contributed by atoms with van der Waals surface area (Å²) >= 11 is 3.26. The Balaban J connectivity index is 2.31. The Morgan fingerprint density at radius 3 is 2.75 bits per heavy atom. The van der Waals surface area contributed by atoms with Crippen molar-refractivity contribution in [2.75, 3.05) is 0 Å². The molecule has 0 amide bonds. The minimum absolute atomic E-state index is 0.226. The zero-order chi connectivity index (χ0) is 14.1. The van der Waals surface area contributed by atoms with E-state index in [0.29, 0.717) is 33.2 Å². The maximum absolute atomic E-state index is 13.8. The Bertz CT molecular complexity index is 845. The van der Waals surface area contributed by atoms with Crippen molar-refractivity contribution in [1.29, 1.82) is 0 Å². The van der Waals surface area contributed by atoms with Gasteiger partial charge in [-0.3, -0.25) is 4.79 Å². The molecule has 0 bridgehead atoms. The van der Waals surface area contributed by atoms with Gasteiger partial charge in [0.15, 0.2) is 0 Å². The minimum atomic E-state index is -0.324. The lowest BCUT2D eigenvalue weighted by atomic mass is 10.1. The van der Waals surface area contributed by atoms with Gasteiger partial charge in [0.05, 0.1) is 10.9 Å². The van der Waals surface area contributed by atoms with Crippen molar-refractivity contribution in [2.24, 2.45) is 0 Å². The summed E-state index contributed by atoms with van der Waals surface area (Å²) in [4.78, 5) is 19.2. The van der Waals surface area contributed by atoms with E-state index in [1.807, 2.05) is 6.07 Å². The molecule has 0 atom stereocenters. The van der Waals surface area contributed by atoms with Crippen LogP contribution >= 0.6 is 15.9 Å². The van der Waals surface area contributed by atoms with Gasteiger partial charge in [0, 0.05) is 16.5 Å². The number of aromatic amines is 1. The van der Waals surface area contributed by atoms with E-state index < -0.39 is 0 Å². The number of hydrogen-bond acceptors (Lipinski definition) is 2. The van der Waals surface area contributed by atoms with Gasteiger partial charge in [-0.2, -0.15) is 0 Å². The van der Waals surface area contributed by atoms with E-state index >= 15 is 0 Å². The lowest BCUT2D eigenvalue weighted by molar-refractivity contribution is 0.618. The molecule has 0 saturated carbocycles. The number of benzene rings is 2. The third-order valence-corrected chi connectivity index (χ3v) is 3.68. The maximum Gasteiger partial charge on any atom is 0.259 e. The molecule has 1 N–H and O–H groups in total. The summed E-state index contributed by atoms with van der Waals surface area (Å²) in [5.74, 6) is 0.0535.